The Morgan fingerprint density at radius 3 is 2.37 bits per heavy atom. The molecule has 0 fully saturated rings. The smallest absolute Gasteiger partial charge is 0.368 e. The van der Waals surface area contributed by atoms with Gasteiger partial charge in [0.2, 0.25) is 5.91 Å². The SMILES string of the molecule is CC(NCC(F)(F)F)(C(N)=O)c1cccc(F)c1F. The molecule has 106 valence electrons. The van der Waals surface area contributed by atoms with Crippen molar-refractivity contribution in [1.29, 1.82) is 0 Å². The maximum atomic E-state index is 13.6. The number of hydrogen-bond donors (Lipinski definition) is 2. The topological polar surface area (TPSA) is 55.1 Å². The minimum Gasteiger partial charge on any atom is -0.368 e. The number of alkyl halides is 3. The Morgan fingerprint density at radius 2 is 1.89 bits per heavy atom. The highest BCUT2D eigenvalue weighted by molar-refractivity contribution is 5.85. The van der Waals surface area contributed by atoms with Gasteiger partial charge in [0.25, 0.3) is 0 Å². The predicted octanol–water partition coefficient (Wildman–Crippen LogP) is 1.82. The van der Waals surface area contributed by atoms with Gasteiger partial charge in [0.1, 0.15) is 5.54 Å². The molecule has 1 amide bonds. The largest absolute Gasteiger partial charge is 0.401 e. The molecule has 0 aliphatic heterocycles. The molecule has 1 aromatic rings. The summed E-state index contributed by atoms with van der Waals surface area (Å²) in [5.74, 6) is -3.95. The zero-order valence-electron chi connectivity index (χ0n) is 9.81. The number of halogens is 5. The van der Waals surface area contributed by atoms with E-state index < -0.39 is 41.4 Å². The van der Waals surface area contributed by atoms with Crippen molar-refractivity contribution < 1.29 is 26.7 Å². The standard InChI is InChI=1S/C11H11F5N2O/c1-10(9(17)19,18-5-11(14,15)16)6-3-2-4-7(12)8(6)13/h2-4,18H,5H2,1H3,(H2,17,19). The Bertz CT molecular complexity index is 488. The molecule has 1 unspecified atom stereocenters. The third-order valence-electron chi connectivity index (χ3n) is 2.63. The highest BCUT2D eigenvalue weighted by atomic mass is 19.4. The van der Waals surface area contributed by atoms with Crippen LogP contribution in [-0.2, 0) is 10.3 Å². The van der Waals surface area contributed by atoms with Gasteiger partial charge in [0, 0.05) is 5.56 Å². The molecule has 0 aliphatic rings. The van der Waals surface area contributed by atoms with Crippen molar-refractivity contribution in [3.63, 3.8) is 0 Å². The summed E-state index contributed by atoms with van der Waals surface area (Å²) in [7, 11) is 0. The Balaban J connectivity index is 3.19. The quantitative estimate of drug-likeness (QED) is 0.828. The fourth-order valence-corrected chi connectivity index (χ4v) is 1.48. The molecule has 0 heterocycles. The number of nitrogens with two attached hydrogens (primary N) is 1. The Hall–Kier alpha value is -1.70. The molecule has 0 saturated heterocycles. The Morgan fingerprint density at radius 1 is 1.32 bits per heavy atom. The van der Waals surface area contributed by atoms with Crippen LogP contribution in [0.5, 0.6) is 0 Å². The number of benzene rings is 1. The molecule has 1 rings (SSSR count). The van der Waals surface area contributed by atoms with Crippen LogP contribution in [0.4, 0.5) is 22.0 Å². The fraction of sp³-hybridized carbons (Fsp3) is 0.364. The number of nitrogens with one attached hydrogen (secondary N) is 1. The van der Waals surface area contributed by atoms with Gasteiger partial charge in [-0.2, -0.15) is 13.2 Å². The molecule has 3 nitrogen and oxygen atoms in total. The van der Waals surface area contributed by atoms with Crippen LogP contribution >= 0.6 is 0 Å². The van der Waals surface area contributed by atoms with Crippen LogP contribution in [0.3, 0.4) is 0 Å². The summed E-state index contributed by atoms with van der Waals surface area (Å²) in [6, 6.07) is 2.85. The van der Waals surface area contributed by atoms with Gasteiger partial charge in [0.05, 0.1) is 6.54 Å². The maximum absolute atomic E-state index is 13.6. The number of hydrogen-bond acceptors (Lipinski definition) is 2. The lowest BCUT2D eigenvalue weighted by Crippen LogP contribution is -2.53. The first-order valence-electron chi connectivity index (χ1n) is 5.14. The van der Waals surface area contributed by atoms with Crippen LogP contribution < -0.4 is 11.1 Å². The monoisotopic (exact) mass is 282 g/mol. The molecule has 3 N–H and O–H groups in total. The Labute approximate surface area is 105 Å². The van der Waals surface area contributed by atoms with Gasteiger partial charge in [0.15, 0.2) is 11.6 Å². The van der Waals surface area contributed by atoms with Crippen LogP contribution in [0.1, 0.15) is 12.5 Å². The second-order valence-electron chi connectivity index (χ2n) is 4.06. The highest BCUT2D eigenvalue weighted by Gasteiger charge is 2.40. The van der Waals surface area contributed by atoms with Crippen LogP contribution in [0.15, 0.2) is 18.2 Å². The van der Waals surface area contributed by atoms with Crippen molar-refractivity contribution in [1.82, 2.24) is 5.32 Å². The summed E-state index contributed by atoms with van der Waals surface area (Å²) in [5, 5.41) is 1.81. The average Bonchev–Trinajstić information content (AvgIpc) is 2.28. The summed E-state index contributed by atoms with van der Waals surface area (Å²) in [6.45, 7) is -0.610. The molecule has 0 aromatic heterocycles. The lowest BCUT2D eigenvalue weighted by molar-refractivity contribution is -0.136. The van der Waals surface area contributed by atoms with E-state index >= 15 is 0 Å². The van der Waals surface area contributed by atoms with Gasteiger partial charge in [-0.3, -0.25) is 10.1 Å². The highest BCUT2D eigenvalue weighted by Crippen LogP contribution is 2.26. The summed E-state index contributed by atoms with van der Waals surface area (Å²) in [4.78, 5) is 11.3. The van der Waals surface area contributed by atoms with E-state index in [1.54, 1.807) is 0 Å². The third kappa shape index (κ3) is 3.40. The lowest BCUT2D eigenvalue weighted by atomic mass is 9.90. The number of primary amides is 1. The predicted molar refractivity (Wildman–Crippen MR) is 57.0 cm³/mol. The number of carbonyl (C=O) groups excluding carboxylic acids is 1. The van der Waals surface area contributed by atoms with Crippen LogP contribution in [0.25, 0.3) is 0 Å². The number of carbonyl (C=O) groups is 1. The molecule has 0 radical (unpaired) electrons. The Kier molecular flexibility index (Phi) is 4.14. The van der Waals surface area contributed by atoms with Gasteiger partial charge in [-0.15, -0.1) is 0 Å². The molecule has 1 atom stereocenters. The van der Waals surface area contributed by atoms with E-state index in [4.69, 9.17) is 5.73 Å². The third-order valence-corrected chi connectivity index (χ3v) is 2.63. The van der Waals surface area contributed by atoms with Crippen molar-refractivity contribution in [3.05, 3.63) is 35.4 Å². The molecule has 0 saturated carbocycles. The van der Waals surface area contributed by atoms with Gasteiger partial charge >= 0.3 is 6.18 Å². The van der Waals surface area contributed by atoms with E-state index in [1.165, 1.54) is 0 Å². The van der Waals surface area contributed by atoms with E-state index in [2.05, 4.69) is 0 Å². The first kappa shape index (κ1) is 15.4. The van der Waals surface area contributed by atoms with Gasteiger partial charge in [-0.05, 0) is 13.0 Å². The van der Waals surface area contributed by atoms with Gasteiger partial charge < -0.3 is 5.73 Å². The van der Waals surface area contributed by atoms with E-state index in [0.717, 1.165) is 25.1 Å². The zero-order valence-corrected chi connectivity index (χ0v) is 9.81. The van der Waals surface area contributed by atoms with Crippen molar-refractivity contribution in [2.24, 2.45) is 5.73 Å². The van der Waals surface area contributed by atoms with Gasteiger partial charge in [-0.25, -0.2) is 8.78 Å². The van der Waals surface area contributed by atoms with Crippen molar-refractivity contribution in [2.75, 3.05) is 6.54 Å². The maximum Gasteiger partial charge on any atom is 0.401 e. The molecule has 8 heteroatoms. The summed E-state index contributed by atoms with van der Waals surface area (Å²) in [5.41, 5.74) is 2.25. The number of rotatable bonds is 4. The van der Waals surface area contributed by atoms with Crippen LogP contribution in [0, 0.1) is 11.6 Å². The first-order valence-corrected chi connectivity index (χ1v) is 5.14. The molecular weight excluding hydrogens is 271 g/mol. The van der Waals surface area contributed by atoms with Crippen molar-refractivity contribution >= 4 is 5.91 Å². The summed E-state index contributed by atoms with van der Waals surface area (Å²) < 4.78 is 63.1. The summed E-state index contributed by atoms with van der Waals surface area (Å²) >= 11 is 0. The minimum absolute atomic E-state index is 0.579. The normalized spacial score (nSPS) is 15.1. The van der Waals surface area contributed by atoms with Crippen molar-refractivity contribution in [2.45, 2.75) is 18.6 Å². The van der Waals surface area contributed by atoms with E-state index in [9.17, 15) is 26.7 Å². The minimum atomic E-state index is -4.62. The second-order valence-corrected chi connectivity index (χ2v) is 4.06. The first-order chi connectivity index (χ1) is 8.58. The van der Waals surface area contributed by atoms with E-state index in [1.807, 2.05) is 5.32 Å². The number of amides is 1. The average molecular weight is 282 g/mol. The van der Waals surface area contributed by atoms with Crippen LogP contribution in [0.2, 0.25) is 0 Å². The second kappa shape index (κ2) is 5.12. The van der Waals surface area contributed by atoms with Crippen LogP contribution in [-0.4, -0.2) is 18.6 Å². The molecule has 1 aromatic carbocycles. The van der Waals surface area contributed by atoms with E-state index in [0.29, 0.717) is 0 Å². The fourth-order valence-electron chi connectivity index (χ4n) is 1.48. The van der Waals surface area contributed by atoms with Gasteiger partial charge in [-0.1, -0.05) is 12.1 Å². The summed E-state index contributed by atoms with van der Waals surface area (Å²) in [6.07, 6.45) is -4.62. The molecule has 0 spiro atoms. The van der Waals surface area contributed by atoms with Crippen molar-refractivity contribution in [3.8, 4) is 0 Å². The molecule has 0 aliphatic carbocycles. The molecular formula is C11H11F5N2O. The zero-order chi connectivity index (χ0) is 14.8. The lowest BCUT2D eigenvalue weighted by Gasteiger charge is -2.29. The van der Waals surface area contributed by atoms with E-state index in [-0.39, 0.29) is 0 Å². The molecule has 19 heavy (non-hydrogen) atoms. The molecule has 0 bridgehead atoms.